The van der Waals surface area contributed by atoms with Gasteiger partial charge in [0.05, 0.1) is 16.7 Å². The van der Waals surface area contributed by atoms with Crippen LogP contribution in [-0.4, -0.2) is 33.3 Å². The molecule has 2 aromatic rings. The van der Waals surface area contributed by atoms with Crippen LogP contribution >= 0.6 is 23.4 Å². The summed E-state index contributed by atoms with van der Waals surface area (Å²) in [6, 6.07) is 4.51. The molecule has 1 aliphatic carbocycles. The van der Waals surface area contributed by atoms with Crippen molar-refractivity contribution in [2.45, 2.75) is 49.8 Å². The van der Waals surface area contributed by atoms with Gasteiger partial charge in [0, 0.05) is 17.6 Å². The van der Waals surface area contributed by atoms with Crippen molar-refractivity contribution in [3.8, 4) is 0 Å². The summed E-state index contributed by atoms with van der Waals surface area (Å²) < 4.78 is 1.45. The van der Waals surface area contributed by atoms with E-state index in [9.17, 15) is 14.4 Å². The number of rotatable bonds is 6. The fourth-order valence-corrected chi connectivity index (χ4v) is 4.31. The summed E-state index contributed by atoms with van der Waals surface area (Å²) in [5.41, 5.74) is 0.227. The number of benzene rings is 1. The van der Waals surface area contributed by atoms with Crippen molar-refractivity contribution in [1.82, 2.24) is 20.2 Å². The molecule has 1 heterocycles. The van der Waals surface area contributed by atoms with Crippen LogP contribution in [0.2, 0.25) is 5.02 Å². The van der Waals surface area contributed by atoms with Gasteiger partial charge in [-0.25, -0.2) is 9.78 Å². The third-order valence-electron chi connectivity index (χ3n) is 4.72. The maximum Gasteiger partial charge on any atom is 0.321 e. The van der Waals surface area contributed by atoms with Crippen molar-refractivity contribution < 1.29 is 9.59 Å². The fraction of sp³-hybridized carbons (Fsp3) is 0.400. The number of hydrogen-bond donors (Lipinski definition) is 2. The number of nitrogens with zero attached hydrogens (tertiary/aromatic N) is 2. The summed E-state index contributed by atoms with van der Waals surface area (Å²) >= 11 is 7.10. The predicted molar refractivity (Wildman–Crippen MR) is 115 cm³/mol. The highest BCUT2D eigenvalue weighted by Gasteiger charge is 2.18. The SMILES string of the molecule is C=CCn1c(SCC(=O)NC(=O)NC2CCCCC2)nc2cc(Cl)ccc2c1=O. The van der Waals surface area contributed by atoms with Gasteiger partial charge < -0.3 is 5.32 Å². The lowest BCUT2D eigenvalue weighted by Gasteiger charge is -2.22. The number of carbonyl (C=O) groups is 2. The number of amides is 3. The Bertz CT molecular complexity index is 986. The van der Waals surface area contributed by atoms with Gasteiger partial charge in [-0.3, -0.25) is 19.5 Å². The quantitative estimate of drug-likeness (QED) is 0.412. The van der Waals surface area contributed by atoms with Gasteiger partial charge in [0.2, 0.25) is 5.91 Å². The van der Waals surface area contributed by atoms with Gasteiger partial charge in [-0.15, -0.1) is 6.58 Å². The molecule has 1 aliphatic rings. The standard InChI is InChI=1S/C20H23ClN4O3S/c1-2-10-25-18(27)15-9-8-13(21)11-16(15)23-20(25)29-12-17(26)24-19(28)22-14-6-4-3-5-7-14/h2,8-9,11,14H,1,3-7,10,12H2,(H2,22,24,26,28). The van der Waals surface area contributed by atoms with Crippen LogP contribution in [0, 0.1) is 0 Å². The van der Waals surface area contributed by atoms with E-state index in [0.29, 0.717) is 21.1 Å². The number of halogens is 1. The highest BCUT2D eigenvalue weighted by molar-refractivity contribution is 7.99. The normalized spacial score (nSPS) is 14.5. The summed E-state index contributed by atoms with van der Waals surface area (Å²) in [6.45, 7) is 3.93. The Morgan fingerprint density at radius 2 is 2.07 bits per heavy atom. The van der Waals surface area contributed by atoms with Crippen LogP contribution in [0.5, 0.6) is 0 Å². The van der Waals surface area contributed by atoms with E-state index in [0.717, 1.165) is 37.4 Å². The lowest BCUT2D eigenvalue weighted by molar-refractivity contribution is -0.117. The number of thioether (sulfide) groups is 1. The number of fused-ring (bicyclic) bond motifs is 1. The summed E-state index contributed by atoms with van der Waals surface area (Å²) in [7, 11) is 0. The Labute approximate surface area is 177 Å². The third kappa shape index (κ3) is 5.61. The van der Waals surface area contributed by atoms with Gasteiger partial charge >= 0.3 is 6.03 Å². The molecular formula is C20H23ClN4O3S. The molecule has 2 N–H and O–H groups in total. The van der Waals surface area contributed by atoms with Gasteiger partial charge in [0.1, 0.15) is 0 Å². The van der Waals surface area contributed by atoms with Crippen molar-refractivity contribution in [1.29, 1.82) is 0 Å². The maximum atomic E-state index is 12.7. The lowest BCUT2D eigenvalue weighted by atomic mass is 9.96. The molecule has 29 heavy (non-hydrogen) atoms. The molecule has 3 amide bonds. The van der Waals surface area contributed by atoms with Gasteiger partial charge in [-0.1, -0.05) is 48.7 Å². The van der Waals surface area contributed by atoms with E-state index in [-0.39, 0.29) is 23.9 Å². The van der Waals surface area contributed by atoms with Crippen molar-refractivity contribution in [3.63, 3.8) is 0 Å². The number of carbonyl (C=O) groups excluding carboxylic acids is 2. The number of hydrogen-bond acceptors (Lipinski definition) is 5. The first-order valence-corrected chi connectivity index (χ1v) is 10.9. The molecule has 7 nitrogen and oxygen atoms in total. The summed E-state index contributed by atoms with van der Waals surface area (Å²) in [5, 5.41) is 6.46. The lowest BCUT2D eigenvalue weighted by Crippen LogP contribution is -2.45. The Hall–Kier alpha value is -2.32. The molecule has 0 bridgehead atoms. The van der Waals surface area contributed by atoms with Crippen molar-refractivity contribution in [3.05, 3.63) is 46.2 Å². The van der Waals surface area contributed by atoms with E-state index < -0.39 is 11.9 Å². The molecular weight excluding hydrogens is 412 g/mol. The molecule has 154 valence electrons. The van der Waals surface area contributed by atoms with Crippen LogP contribution < -0.4 is 16.2 Å². The Morgan fingerprint density at radius 1 is 1.31 bits per heavy atom. The molecule has 0 unspecified atom stereocenters. The van der Waals surface area contributed by atoms with E-state index in [1.54, 1.807) is 24.3 Å². The Morgan fingerprint density at radius 3 is 2.79 bits per heavy atom. The van der Waals surface area contributed by atoms with E-state index in [2.05, 4.69) is 22.2 Å². The molecule has 9 heteroatoms. The van der Waals surface area contributed by atoms with Gasteiger partial charge in [-0.05, 0) is 31.0 Å². The Kier molecular flexibility index (Phi) is 7.33. The molecule has 1 aromatic carbocycles. The Balaban J connectivity index is 1.67. The minimum absolute atomic E-state index is 0.0479. The molecule has 0 spiro atoms. The molecule has 0 aliphatic heterocycles. The largest absolute Gasteiger partial charge is 0.335 e. The van der Waals surface area contributed by atoms with E-state index in [1.165, 1.54) is 11.0 Å². The van der Waals surface area contributed by atoms with Crippen molar-refractivity contribution in [2.24, 2.45) is 0 Å². The molecule has 0 atom stereocenters. The first-order chi connectivity index (χ1) is 14.0. The van der Waals surface area contributed by atoms with E-state index >= 15 is 0 Å². The van der Waals surface area contributed by atoms with Crippen LogP contribution in [0.4, 0.5) is 4.79 Å². The third-order valence-corrected chi connectivity index (χ3v) is 5.93. The van der Waals surface area contributed by atoms with Crippen LogP contribution in [0.3, 0.4) is 0 Å². The molecule has 3 rings (SSSR count). The summed E-state index contributed by atoms with van der Waals surface area (Å²) in [5.74, 6) is -0.498. The zero-order valence-electron chi connectivity index (χ0n) is 15.9. The monoisotopic (exact) mass is 434 g/mol. The zero-order valence-corrected chi connectivity index (χ0v) is 17.5. The first-order valence-electron chi connectivity index (χ1n) is 9.52. The van der Waals surface area contributed by atoms with Crippen molar-refractivity contribution in [2.75, 3.05) is 5.75 Å². The highest BCUT2D eigenvalue weighted by atomic mass is 35.5. The minimum atomic E-state index is -0.482. The highest BCUT2D eigenvalue weighted by Crippen LogP contribution is 2.20. The number of urea groups is 1. The van der Waals surface area contributed by atoms with Crippen LogP contribution in [0.25, 0.3) is 10.9 Å². The minimum Gasteiger partial charge on any atom is -0.335 e. The topological polar surface area (TPSA) is 93.1 Å². The summed E-state index contributed by atoms with van der Waals surface area (Å²) in [6.07, 6.45) is 6.83. The second-order valence-electron chi connectivity index (χ2n) is 6.91. The second-order valence-corrected chi connectivity index (χ2v) is 8.28. The second kappa shape index (κ2) is 9.93. The molecule has 1 fully saturated rings. The van der Waals surface area contributed by atoms with Gasteiger partial charge in [0.25, 0.3) is 5.56 Å². The average molecular weight is 435 g/mol. The number of imide groups is 1. The van der Waals surface area contributed by atoms with Crippen LogP contribution in [-0.2, 0) is 11.3 Å². The smallest absolute Gasteiger partial charge is 0.321 e. The fourth-order valence-electron chi connectivity index (χ4n) is 3.34. The van der Waals surface area contributed by atoms with Crippen LogP contribution in [0.1, 0.15) is 32.1 Å². The molecule has 1 aromatic heterocycles. The van der Waals surface area contributed by atoms with Crippen molar-refractivity contribution >= 4 is 46.2 Å². The number of allylic oxidation sites excluding steroid dienone is 1. The zero-order chi connectivity index (χ0) is 20.8. The van der Waals surface area contributed by atoms with E-state index in [4.69, 9.17) is 11.6 Å². The summed E-state index contributed by atoms with van der Waals surface area (Å²) in [4.78, 5) is 41.4. The number of nitrogens with one attached hydrogen (secondary N) is 2. The predicted octanol–water partition coefficient (Wildman–Crippen LogP) is 3.49. The molecule has 1 saturated carbocycles. The average Bonchev–Trinajstić information content (AvgIpc) is 2.69. The van der Waals surface area contributed by atoms with Gasteiger partial charge in [-0.2, -0.15) is 0 Å². The maximum absolute atomic E-state index is 12.7. The van der Waals surface area contributed by atoms with Crippen LogP contribution in [0.15, 0.2) is 40.8 Å². The molecule has 0 radical (unpaired) electrons. The number of aromatic nitrogens is 2. The van der Waals surface area contributed by atoms with E-state index in [1.807, 2.05) is 0 Å². The van der Waals surface area contributed by atoms with Gasteiger partial charge in [0.15, 0.2) is 5.16 Å². The molecule has 0 saturated heterocycles. The first kappa shape index (κ1) is 21.4.